The third-order valence-corrected chi connectivity index (χ3v) is 5.73. The van der Waals surface area contributed by atoms with Gasteiger partial charge in [0.05, 0.1) is 10.4 Å². The highest BCUT2D eigenvalue weighted by molar-refractivity contribution is 7.89. The van der Waals surface area contributed by atoms with Crippen LogP contribution in [-0.2, 0) is 10.0 Å². The Hall–Kier alpha value is -1.46. The van der Waals surface area contributed by atoms with Crippen molar-refractivity contribution in [3.05, 3.63) is 36.0 Å². The highest BCUT2D eigenvalue weighted by Crippen LogP contribution is 2.26. The van der Waals surface area contributed by atoms with Gasteiger partial charge in [0.25, 0.3) is 0 Å². The Kier molecular flexibility index (Phi) is 3.95. The molecular formula is C16H20N2O2S. The molecule has 0 bridgehead atoms. The summed E-state index contributed by atoms with van der Waals surface area (Å²) in [6, 6.07) is 7.18. The van der Waals surface area contributed by atoms with Crippen LogP contribution in [0.1, 0.15) is 37.7 Å². The molecule has 0 saturated heterocycles. The van der Waals surface area contributed by atoms with Crippen LogP contribution in [0, 0.1) is 6.92 Å². The molecule has 3 rings (SSSR count). The van der Waals surface area contributed by atoms with Crippen LogP contribution in [0.3, 0.4) is 0 Å². The van der Waals surface area contributed by atoms with Gasteiger partial charge in [-0.25, -0.2) is 13.1 Å². The predicted octanol–water partition coefficient (Wildman–Crippen LogP) is 3.15. The van der Waals surface area contributed by atoms with Crippen LogP contribution >= 0.6 is 0 Å². The second-order valence-corrected chi connectivity index (χ2v) is 7.42. The first-order valence-corrected chi connectivity index (χ1v) is 8.93. The van der Waals surface area contributed by atoms with E-state index >= 15 is 0 Å². The molecule has 1 aromatic carbocycles. The number of aromatic nitrogens is 1. The molecule has 4 nitrogen and oxygen atoms in total. The van der Waals surface area contributed by atoms with Crippen LogP contribution in [0.25, 0.3) is 10.9 Å². The molecule has 112 valence electrons. The van der Waals surface area contributed by atoms with Crippen LogP contribution in [0.2, 0.25) is 0 Å². The molecule has 21 heavy (non-hydrogen) atoms. The van der Waals surface area contributed by atoms with Gasteiger partial charge in [0.15, 0.2) is 0 Å². The van der Waals surface area contributed by atoms with E-state index in [4.69, 9.17) is 0 Å². The summed E-state index contributed by atoms with van der Waals surface area (Å²) in [5.74, 6) is 0. The number of nitrogens with one attached hydrogen (secondary N) is 1. The van der Waals surface area contributed by atoms with Gasteiger partial charge in [-0.1, -0.05) is 25.3 Å². The first-order chi connectivity index (χ1) is 10.1. The van der Waals surface area contributed by atoms with E-state index in [1.807, 2.05) is 19.1 Å². The standard InChI is InChI=1S/C16H20N2O2S/c1-12-9-10-15(14-8-5-11-17-16(12)14)21(19,20)18-13-6-3-2-4-7-13/h5,8-11,13,18H,2-4,6-7H2,1H3. The fourth-order valence-electron chi connectivity index (χ4n) is 3.03. The number of benzene rings is 1. The maximum atomic E-state index is 12.7. The minimum atomic E-state index is -3.49. The van der Waals surface area contributed by atoms with Gasteiger partial charge in [-0.2, -0.15) is 0 Å². The molecule has 0 radical (unpaired) electrons. The highest BCUT2D eigenvalue weighted by Gasteiger charge is 2.23. The van der Waals surface area contributed by atoms with Crippen molar-refractivity contribution >= 4 is 20.9 Å². The van der Waals surface area contributed by atoms with Crippen molar-refractivity contribution in [1.82, 2.24) is 9.71 Å². The number of sulfonamides is 1. The Morgan fingerprint density at radius 2 is 1.90 bits per heavy atom. The second-order valence-electron chi connectivity index (χ2n) is 5.74. The summed E-state index contributed by atoms with van der Waals surface area (Å²) in [6.45, 7) is 1.94. The first kappa shape index (κ1) is 14.5. The third kappa shape index (κ3) is 2.94. The number of pyridine rings is 1. The molecule has 1 aromatic heterocycles. The molecule has 0 aliphatic heterocycles. The number of aryl methyl sites for hydroxylation is 1. The van der Waals surface area contributed by atoms with Crippen molar-refractivity contribution < 1.29 is 8.42 Å². The summed E-state index contributed by atoms with van der Waals surface area (Å²) >= 11 is 0. The highest BCUT2D eigenvalue weighted by atomic mass is 32.2. The zero-order chi connectivity index (χ0) is 14.9. The van der Waals surface area contributed by atoms with Crippen LogP contribution in [0.4, 0.5) is 0 Å². The molecule has 2 aromatic rings. The quantitative estimate of drug-likeness (QED) is 0.947. The zero-order valence-electron chi connectivity index (χ0n) is 12.2. The third-order valence-electron chi connectivity index (χ3n) is 4.15. The van der Waals surface area contributed by atoms with Gasteiger partial charge in [-0.15, -0.1) is 0 Å². The Morgan fingerprint density at radius 1 is 1.14 bits per heavy atom. The van der Waals surface area contributed by atoms with Crippen molar-refractivity contribution in [3.8, 4) is 0 Å². The number of hydrogen-bond donors (Lipinski definition) is 1. The molecule has 1 saturated carbocycles. The number of nitrogens with zero attached hydrogens (tertiary/aromatic N) is 1. The van der Waals surface area contributed by atoms with E-state index in [2.05, 4.69) is 9.71 Å². The molecule has 1 aliphatic carbocycles. The van der Waals surface area contributed by atoms with E-state index in [1.54, 1.807) is 18.3 Å². The average Bonchev–Trinajstić information content (AvgIpc) is 2.48. The summed E-state index contributed by atoms with van der Waals surface area (Å²) < 4.78 is 28.2. The van der Waals surface area contributed by atoms with Gasteiger partial charge in [-0.3, -0.25) is 4.98 Å². The lowest BCUT2D eigenvalue weighted by molar-refractivity contribution is 0.412. The van der Waals surface area contributed by atoms with E-state index in [-0.39, 0.29) is 6.04 Å². The smallest absolute Gasteiger partial charge is 0.241 e. The van der Waals surface area contributed by atoms with Gasteiger partial charge in [-0.05, 0) is 43.5 Å². The number of rotatable bonds is 3. The normalized spacial score (nSPS) is 17.2. The van der Waals surface area contributed by atoms with Crippen molar-refractivity contribution in [2.45, 2.75) is 50.0 Å². The van der Waals surface area contributed by atoms with Crippen molar-refractivity contribution in [3.63, 3.8) is 0 Å². The summed E-state index contributed by atoms with van der Waals surface area (Å²) in [5.41, 5.74) is 1.74. The van der Waals surface area contributed by atoms with Gasteiger partial charge < -0.3 is 0 Å². The molecule has 0 atom stereocenters. The lowest BCUT2D eigenvalue weighted by atomic mass is 9.96. The van der Waals surface area contributed by atoms with E-state index in [0.717, 1.165) is 36.8 Å². The zero-order valence-corrected chi connectivity index (χ0v) is 13.0. The van der Waals surface area contributed by atoms with Crippen molar-refractivity contribution in [2.24, 2.45) is 0 Å². The predicted molar refractivity (Wildman–Crippen MR) is 83.7 cm³/mol. The van der Waals surface area contributed by atoms with Gasteiger partial charge in [0.2, 0.25) is 10.0 Å². The molecule has 5 heteroatoms. The number of hydrogen-bond acceptors (Lipinski definition) is 3. The Bertz CT molecular complexity index is 750. The summed E-state index contributed by atoms with van der Waals surface area (Å²) in [7, 11) is -3.49. The Labute approximate surface area is 125 Å². The van der Waals surface area contributed by atoms with Crippen LogP contribution < -0.4 is 4.72 Å². The number of fused-ring (bicyclic) bond motifs is 1. The molecule has 1 fully saturated rings. The lowest BCUT2D eigenvalue weighted by Crippen LogP contribution is -2.36. The lowest BCUT2D eigenvalue weighted by Gasteiger charge is -2.23. The summed E-state index contributed by atoms with van der Waals surface area (Å²) in [5, 5.41) is 0.695. The fourth-order valence-corrected chi connectivity index (χ4v) is 4.53. The molecular weight excluding hydrogens is 284 g/mol. The first-order valence-electron chi connectivity index (χ1n) is 7.44. The van der Waals surface area contributed by atoms with Crippen molar-refractivity contribution in [2.75, 3.05) is 0 Å². The molecule has 1 aliphatic rings. The van der Waals surface area contributed by atoms with Gasteiger partial charge in [0.1, 0.15) is 0 Å². The van der Waals surface area contributed by atoms with Crippen LogP contribution in [-0.4, -0.2) is 19.4 Å². The fraction of sp³-hybridized carbons (Fsp3) is 0.438. The van der Waals surface area contributed by atoms with Crippen LogP contribution in [0.15, 0.2) is 35.4 Å². The van der Waals surface area contributed by atoms with E-state index < -0.39 is 10.0 Å². The molecule has 0 spiro atoms. The largest absolute Gasteiger partial charge is 0.256 e. The summed E-state index contributed by atoms with van der Waals surface area (Å²) in [6.07, 6.45) is 6.96. The van der Waals surface area contributed by atoms with Gasteiger partial charge in [0, 0.05) is 17.6 Å². The molecule has 1 heterocycles. The Morgan fingerprint density at radius 3 is 2.67 bits per heavy atom. The van der Waals surface area contributed by atoms with E-state index in [0.29, 0.717) is 10.3 Å². The average molecular weight is 304 g/mol. The molecule has 0 unspecified atom stereocenters. The topological polar surface area (TPSA) is 59.1 Å². The maximum Gasteiger partial charge on any atom is 0.241 e. The second kappa shape index (κ2) is 5.73. The molecule has 1 N–H and O–H groups in total. The molecule has 0 amide bonds. The van der Waals surface area contributed by atoms with Crippen LogP contribution in [0.5, 0.6) is 0 Å². The van der Waals surface area contributed by atoms with Crippen molar-refractivity contribution in [1.29, 1.82) is 0 Å². The summed E-state index contributed by atoms with van der Waals surface area (Å²) in [4.78, 5) is 4.64. The van der Waals surface area contributed by atoms with Gasteiger partial charge >= 0.3 is 0 Å². The minimum Gasteiger partial charge on any atom is -0.256 e. The van der Waals surface area contributed by atoms with E-state index in [1.165, 1.54) is 6.42 Å². The Balaban J connectivity index is 2.00. The monoisotopic (exact) mass is 304 g/mol. The maximum absolute atomic E-state index is 12.7. The SMILES string of the molecule is Cc1ccc(S(=O)(=O)NC2CCCCC2)c2cccnc12. The van der Waals surface area contributed by atoms with E-state index in [9.17, 15) is 8.42 Å². The minimum absolute atomic E-state index is 0.0665.